The molecule has 0 aromatic carbocycles. The minimum absolute atomic E-state index is 0.0344. The van der Waals surface area contributed by atoms with E-state index in [1.165, 1.54) is 103 Å². The van der Waals surface area contributed by atoms with E-state index in [0.29, 0.717) is 17.4 Å². The predicted octanol–water partition coefficient (Wildman–Crippen LogP) is 16.5. The van der Waals surface area contributed by atoms with Gasteiger partial charge < -0.3 is 27.9 Å². The maximum atomic E-state index is 12.8. The molecule has 0 saturated carbocycles. The highest BCUT2D eigenvalue weighted by Crippen LogP contribution is 2.38. The van der Waals surface area contributed by atoms with Crippen molar-refractivity contribution < 1.29 is 42.1 Å². The fraction of sp³-hybridized carbons (Fsp3) is 0.729. The monoisotopic (exact) mass is 986 g/mol. The van der Waals surface area contributed by atoms with E-state index in [9.17, 15) is 19.0 Å². The van der Waals surface area contributed by atoms with Gasteiger partial charge in [0.05, 0.1) is 27.7 Å². The first-order valence-corrected chi connectivity index (χ1v) is 29.3. The van der Waals surface area contributed by atoms with Crippen molar-refractivity contribution in [3.05, 3.63) is 85.1 Å². The van der Waals surface area contributed by atoms with Crippen molar-refractivity contribution >= 4 is 19.8 Å². The predicted molar refractivity (Wildman–Crippen MR) is 291 cm³/mol. The lowest BCUT2D eigenvalue weighted by atomic mass is 10.0. The second kappa shape index (κ2) is 50.1. The van der Waals surface area contributed by atoms with Gasteiger partial charge in [-0.15, -0.1) is 0 Å². The first-order valence-electron chi connectivity index (χ1n) is 27.8. The van der Waals surface area contributed by atoms with Crippen LogP contribution in [0.3, 0.4) is 0 Å². The first kappa shape index (κ1) is 66.2. The fourth-order valence-corrected chi connectivity index (χ4v) is 8.13. The van der Waals surface area contributed by atoms with Gasteiger partial charge in [-0.05, 0) is 70.6 Å². The summed E-state index contributed by atoms with van der Waals surface area (Å²) in [5, 5.41) is 0. The lowest BCUT2D eigenvalue weighted by molar-refractivity contribution is -0.870. The topological polar surface area (TPSA) is 111 Å². The van der Waals surface area contributed by atoms with Crippen LogP contribution in [0.25, 0.3) is 0 Å². The lowest BCUT2D eigenvalue weighted by Gasteiger charge is -2.28. The normalized spacial score (nSPS) is 14.0. The van der Waals surface area contributed by atoms with Gasteiger partial charge in [-0.3, -0.25) is 14.2 Å². The number of quaternary nitrogens is 1. The van der Waals surface area contributed by atoms with Crippen LogP contribution in [0.5, 0.6) is 0 Å². The molecule has 0 aromatic rings. The molecule has 0 saturated heterocycles. The molecule has 2 atom stereocenters. The second-order valence-electron chi connectivity index (χ2n) is 19.6. The number of hydrogen-bond acceptors (Lipinski definition) is 8. The van der Waals surface area contributed by atoms with Crippen LogP contribution in [0.15, 0.2) is 85.1 Å². The van der Waals surface area contributed by atoms with Crippen LogP contribution < -0.4 is 4.89 Å². The standard InChI is InChI=1S/C59H104NO8P/c1-6-8-10-12-14-16-18-20-22-23-24-25-26-27-28-29-30-31-32-33-34-35-36-37-38-40-42-44-46-48-50-52-59(62)68-57(56-67-69(63,64)66-54-53-60(3,4)5)55-65-58(61)51-49-47-45-43-41-39-21-19-17-15-13-11-9-7-2/h8,10,14,16,20,22,24-25,27-28,30-31,33-34,57H,6-7,9,11-13,15,17-19,21,23,26,29,32,35-56H2,1-5H3/b10-8-,16-14-,22-20-,25-24-,28-27-,31-30-,34-33-. The van der Waals surface area contributed by atoms with Gasteiger partial charge in [-0.1, -0.05) is 227 Å². The fourth-order valence-electron chi connectivity index (χ4n) is 7.40. The molecule has 0 aromatic heterocycles. The molecule has 0 aliphatic carbocycles. The highest BCUT2D eigenvalue weighted by atomic mass is 31.2. The summed E-state index contributed by atoms with van der Waals surface area (Å²) < 4.78 is 34.1. The number of carbonyl (C=O) groups excluding carboxylic acids is 2. The summed E-state index contributed by atoms with van der Waals surface area (Å²) in [6.07, 6.45) is 66.2. The van der Waals surface area contributed by atoms with Crippen LogP contribution in [-0.2, 0) is 32.7 Å². The molecule has 9 nitrogen and oxygen atoms in total. The van der Waals surface area contributed by atoms with E-state index in [1.807, 2.05) is 21.1 Å². The number of phosphoric acid groups is 1. The van der Waals surface area contributed by atoms with Crippen LogP contribution in [-0.4, -0.2) is 70.0 Å². The number of hydrogen-bond donors (Lipinski definition) is 0. The van der Waals surface area contributed by atoms with Gasteiger partial charge in [-0.2, -0.15) is 0 Å². The zero-order valence-electron chi connectivity index (χ0n) is 45.0. The minimum atomic E-state index is -4.64. The van der Waals surface area contributed by atoms with Crippen molar-refractivity contribution in [3.8, 4) is 0 Å². The summed E-state index contributed by atoms with van der Waals surface area (Å²) in [6, 6.07) is 0. The van der Waals surface area contributed by atoms with Crippen LogP contribution in [0.4, 0.5) is 0 Å². The number of nitrogens with zero attached hydrogens (tertiary/aromatic N) is 1. The summed E-state index contributed by atoms with van der Waals surface area (Å²) >= 11 is 0. The number of rotatable bonds is 50. The Balaban J connectivity index is 4.17. The van der Waals surface area contributed by atoms with E-state index in [1.54, 1.807) is 0 Å². The SMILES string of the molecule is CC/C=C\C/C=C\C/C=C\C/C=C\C/C=C\C/C=C\C/C=C\CCCCCCCCCCCC(=O)OC(COC(=O)CCCCCCCCCCCCCCCC)COP(=O)([O-])OCC[N+](C)(C)C. The van der Waals surface area contributed by atoms with E-state index >= 15 is 0 Å². The molecule has 0 fully saturated rings. The third-order valence-corrected chi connectivity index (χ3v) is 12.6. The molecule has 0 aliphatic heterocycles. The molecular weight excluding hydrogens is 882 g/mol. The van der Waals surface area contributed by atoms with Crippen molar-refractivity contribution in [1.29, 1.82) is 0 Å². The minimum Gasteiger partial charge on any atom is -0.756 e. The Morgan fingerprint density at radius 3 is 1.23 bits per heavy atom. The zero-order chi connectivity index (χ0) is 50.6. The van der Waals surface area contributed by atoms with Crippen LogP contribution in [0.1, 0.15) is 226 Å². The van der Waals surface area contributed by atoms with E-state index < -0.39 is 26.5 Å². The van der Waals surface area contributed by atoms with Crippen molar-refractivity contribution in [1.82, 2.24) is 0 Å². The Bertz CT molecular complexity index is 1440. The van der Waals surface area contributed by atoms with E-state index in [4.69, 9.17) is 18.5 Å². The summed E-state index contributed by atoms with van der Waals surface area (Å²) in [4.78, 5) is 37.8. The number of allylic oxidation sites excluding steroid dienone is 14. The molecule has 0 spiro atoms. The molecule has 69 heavy (non-hydrogen) atoms. The summed E-state index contributed by atoms with van der Waals surface area (Å²) in [5.74, 6) is -0.839. The summed E-state index contributed by atoms with van der Waals surface area (Å²) in [5.41, 5.74) is 0. The molecule has 0 N–H and O–H groups in total. The zero-order valence-corrected chi connectivity index (χ0v) is 45.9. The average molecular weight is 986 g/mol. The van der Waals surface area contributed by atoms with E-state index in [2.05, 4.69) is 98.9 Å². The Morgan fingerprint density at radius 1 is 0.464 bits per heavy atom. The van der Waals surface area contributed by atoms with E-state index in [-0.39, 0.29) is 32.0 Å². The number of esters is 2. The van der Waals surface area contributed by atoms with Gasteiger partial charge in [0.15, 0.2) is 6.10 Å². The van der Waals surface area contributed by atoms with Gasteiger partial charge in [0.1, 0.15) is 19.8 Å². The van der Waals surface area contributed by atoms with Crippen LogP contribution >= 0.6 is 7.82 Å². The van der Waals surface area contributed by atoms with Crippen molar-refractivity contribution in [3.63, 3.8) is 0 Å². The molecule has 0 heterocycles. The van der Waals surface area contributed by atoms with Gasteiger partial charge in [0, 0.05) is 12.8 Å². The Labute approximate surface area is 424 Å². The Morgan fingerprint density at radius 2 is 0.826 bits per heavy atom. The van der Waals surface area contributed by atoms with Crippen LogP contribution in [0.2, 0.25) is 0 Å². The molecule has 0 bridgehead atoms. The third-order valence-electron chi connectivity index (χ3n) is 11.7. The number of unbranched alkanes of at least 4 members (excludes halogenated alkanes) is 22. The Kier molecular flexibility index (Phi) is 48.1. The quantitative estimate of drug-likeness (QED) is 0.0195. The number of phosphoric ester groups is 1. The lowest BCUT2D eigenvalue weighted by Crippen LogP contribution is -2.37. The molecule has 398 valence electrons. The maximum absolute atomic E-state index is 12.8. The molecule has 0 amide bonds. The highest BCUT2D eigenvalue weighted by Gasteiger charge is 2.21. The first-order chi connectivity index (χ1) is 33.5. The van der Waals surface area contributed by atoms with Crippen molar-refractivity contribution in [2.45, 2.75) is 232 Å². The maximum Gasteiger partial charge on any atom is 0.306 e. The van der Waals surface area contributed by atoms with Gasteiger partial charge in [-0.25, -0.2) is 0 Å². The summed E-state index contributed by atoms with van der Waals surface area (Å²) in [6.45, 7) is 4.12. The Hall–Kier alpha value is -2.81. The molecule has 10 heteroatoms. The third kappa shape index (κ3) is 54.4. The molecular formula is C59H104NO8P. The van der Waals surface area contributed by atoms with Crippen LogP contribution in [0, 0.1) is 0 Å². The van der Waals surface area contributed by atoms with E-state index in [0.717, 1.165) is 89.9 Å². The summed E-state index contributed by atoms with van der Waals surface area (Å²) in [7, 11) is 1.16. The number of ether oxygens (including phenoxy) is 2. The molecule has 2 unspecified atom stereocenters. The molecule has 0 radical (unpaired) electrons. The molecule has 0 aliphatic rings. The smallest absolute Gasteiger partial charge is 0.306 e. The van der Waals surface area contributed by atoms with Gasteiger partial charge >= 0.3 is 11.9 Å². The average Bonchev–Trinajstić information content (AvgIpc) is 3.31. The molecule has 0 rings (SSSR count). The van der Waals surface area contributed by atoms with Gasteiger partial charge in [0.2, 0.25) is 0 Å². The van der Waals surface area contributed by atoms with Gasteiger partial charge in [0.25, 0.3) is 7.82 Å². The number of likely N-dealkylation sites (N-methyl/N-ethyl adjacent to an activating group) is 1. The van der Waals surface area contributed by atoms with Crippen molar-refractivity contribution in [2.75, 3.05) is 47.5 Å². The largest absolute Gasteiger partial charge is 0.756 e. The second-order valence-corrected chi connectivity index (χ2v) is 21.0. The highest BCUT2D eigenvalue weighted by molar-refractivity contribution is 7.45. The number of carbonyl (C=O) groups is 2. The van der Waals surface area contributed by atoms with Crippen molar-refractivity contribution in [2.24, 2.45) is 0 Å².